The summed E-state index contributed by atoms with van der Waals surface area (Å²) in [5, 5.41) is 3.00. The third-order valence-electron chi connectivity index (χ3n) is 7.40. The number of benzene rings is 3. The molecule has 246 valence electrons. The first-order chi connectivity index (χ1) is 22.9. The molecular weight excluding hydrogens is 688 g/mol. The van der Waals surface area contributed by atoms with Crippen LogP contribution in [0.25, 0.3) is 10.4 Å². The van der Waals surface area contributed by atoms with E-state index in [1.54, 1.807) is 6.92 Å². The highest BCUT2D eigenvalue weighted by Crippen LogP contribution is 2.46. The van der Waals surface area contributed by atoms with Crippen LogP contribution < -0.4 is 19.5 Å². The van der Waals surface area contributed by atoms with Crippen molar-refractivity contribution in [1.82, 2.24) is 4.90 Å². The molecule has 0 unspecified atom stereocenters. The van der Waals surface area contributed by atoms with Gasteiger partial charge in [0.2, 0.25) is 0 Å². The van der Waals surface area contributed by atoms with Crippen molar-refractivity contribution >= 4 is 50.9 Å². The number of nitrogens with zero attached hydrogens (tertiary/aromatic N) is 1. The molecule has 0 spiro atoms. The number of ether oxygens (including phenoxy) is 5. The molecule has 1 aromatic heterocycles. The van der Waals surface area contributed by atoms with Crippen molar-refractivity contribution in [1.29, 1.82) is 0 Å². The lowest BCUT2D eigenvalue weighted by atomic mass is 9.98. The first-order valence-electron chi connectivity index (χ1n) is 15.2. The van der Waals surface area contributed by atoms with E-state index < -0.39 is 11.9 Å². The number of piperidine rings is 1. The normalized spacial score (nSPS) is 13.0. The number of esters is 2. The molecule has 0 saturated carbocycles. The van der Waals surface area contributed by atoms with Crippen LogP contribution in [0.3, 0.4) is 0 Å². The summed E-state index contributed by atoms with van der Waals surface area (Å²) in [6, 6.07) is 24.2. The number of rotatable bonds is 12. The molecule has 47 heavy (non-hydrogen) atoms. The minimum Gasteiger partial charge on any atom is -0.493 e. The van der Waals surface area contributed by atoms with E-state index in [0.29, 0.717) is 47.1 Å². The van der Waals surface area contributed by atoms with Gasteiger partial charge in [-0.05, 0) is 83.6 Å². The molecule has 3 aromatic carbocycles. The summed E-state index contributed by atoms with van der Waals surface area (Å²) < 4.78 is 28.3. The van der Waals surface area contributed by atoms with Crippen LogP contribution in [0.2, 0.25) is 0 Å². The number of hydrogen-bond acceptors (Lipinski definition) is 9. The van der Waals surface area contributed by atoms with E-state index in [1.807, 2.05) is 83.8 Å². The quantitative estimate of drug-likeness (QED) is 0.146. The van der Waals surface area contributed by atoms with Gasteiger partial charge in [0.15, 0.2) is 23.0 Å². The van der Waals surface area contributed by atoms with E-state index in [2.05, 4.69) is 21.2 Å². The van der Waals surface area contributed by atoms with Gasteiger partial charge in [-0.25, -0.2) is 14.4 Å². The average Bonchev–Trinajstić information content (AvgIpc) is 3.43. The van der Waals surface area contributed by atoms with E-state index in [0.717, 1.165) is 23.3 Å². The summed E-state index contributed by atoms with van der Waals surface area (Å²) in [4.78, 5) is 40.3. The summed E-state index contributed by atoms with van der Waals surface area (Å²) >= 11 is 4.74. The van der Waals surface area contributed by atoms with Crippen LogP contribution >= 0.6 is 27.3 Å². The Hall–Kier alpha value is -4.55. The van der Waals surface area contributed by atoms with Crippen LogP contribution in [-0.2, 0) is 14.3 Å². The molecule has 0 atom stereocenters. The maximum absolute atomic E-state index is 13.1. The number of likely N-dealkylation sites (tertiary alicyclic amines) is 1. The van der Waals surface area contributed by atoms with Crippen molar-refractivity contribution in [3.63, 3.8) is 0 Å². The van der Waals surface area contributed by atoms with Gasteiger partial charge in [-0.2, -0.15) is 0 Å². The van der Waals surface area contributed by atoms with Crippen molar-refractivity contribution in [3.05, 3.63) is 88.2 Å². The van der Waals surface area contributed by atoms with Crippen molar-refractivity contribution in [3.8, 4) is 33.4 Å². The molecule has 2 amide bonds. The molecule has 4 aromatic rings. The molecule has 0 radical (unpaired) electrons. The number of hydrogen-bond donors (Lipinski definition) is 1. The Balaban J connectivity index is 1.16. The van der Waals surface area contributed by atoms with E-state index in [-0.39, 0.29) is 35.8 Å². The monoisotopic (exact) mass is 722 g/mol. The van der Waals surface area contributed by atoms with Gasteiger partial charge in [-0.1, -0.05) is 42.5 Å². The summed E-state index contributed by atoms with van der Waals surface area (Å²) in [6.07, 6.45) is 1.60. The highest BCUT2D eigenvalue weighted by atomic mass is 79.9. The summed E-state index contributed by atoms with van der Waals surface area (Å²) in [7, 11) is 1.29. The van der Waals surface area contributed by atoms with E-state index in [9.17, 15) is 14.4 Å². The van der Waals surface area contributed by atoms with Crippen LogP contribution in [0, 0.1) is 5.92 Å². The van der Waals surface area contributed by atoms with E-state index >= 15 is 0 Å². The van der Waals surface area contributed by atoms with Gasteiger partial charge in [0.1, 0.15) is 11.5 Å². The molecule has 1 fully saturated rings. The summed E-state index contributed by atoms with van der Waals surface area (Å²) in [6.45, 7) is 3.30. The maximum Gasteiger partial charge on any atom is 0.351 e. The molecule has 1 aliphatic rings. The Morgan fingerprint density at radius 2 is 1.66 bits per heavy atom. The van der Waals surface area contributed by atoms with Crippen molar-refractivity contribution in [2.75, 3.05) is 45.3 Å². The number of amides is 2. The average molecular weight is 724 g/mol. The molecular formula is C35H35BrN2O8S. The van der Waals surface area contributed by atoms with Crippen molar-refractivity contribution < 1.29 is 38.1 Å². The van der Waals surface area contributed by atoms with Gasteiger partial charge >= 0.3 is 18.0 Å². The molecule has 0 aliphatic carbocycles. The van der Waals surface area contributed by atoms with E-state index in [4.69, 9.17) is 23.7 Å². The second-order valence-electron chi connectivity index (χ2n) is 10.6. The predicted octanol–water partition coefficient (Wildman–Crippen LogP) is 8.02. The fourth-order valence-electron chi connectivity index (χ4n) is 4.98. The molecule has 2 heterocycles. The SMILES string of the molecule is CCOC(=O)COc1c(C(=O)OC)sc(-c2cccc(OCC3CCN(C(=O)Nc4ccccc4Oc4ccccc4)CC3)c2)c1Br. The number of thiophene rings is 1. The van der Waals surface area contributed by atoms with Gasteiger partial charge in [-0.3, -0.25) is 0 Å². The van der Waals surface area contributed by atoms with Crippen LogP contribution in [0.5, 0.6) is 23.0 Å². The second-order valence-corrected chi connectivity index (χ2v) is 12.4. The topological polar surface area (TPSA) is 113 Å². The molecule has 10 nitrogen and oxygen atoms in total. The molecule has 12 heteroatoms. The molecule has 5 rings (SSSR count). The third kappa shape index (κ3) is 8.83. The van der Waals surface area contributed by atoms with Crippen LogP contribution in [0.15, 0.2) is 83.3 Å². The zero-order chi connectivity index (χ0) is 33.2. The number of carbonyl (C=O) groups excluding carboxylic acids is 3. The first-order valence-corrected chi connectivity index (χ1v) is 16.8. The van der Waals surface area contributed by atoms with Gasteiger partial charge in [-0.15, -0.1) is 11.3 Å². The Morgan fingerprint density at radius 1 is 0.936 bits per heavy atom. The fraction of sp³-hybridized carbons (Fsp3) is 0.286. The van der Waals surface area contributed by atoms with Gasteiger partial charge < -0.3 is 33.9 Å². The Labute approximate surface area is 285 Å². The number of anilines is 1. The maximum atomic E-state index is 13.1. The number of nitrogens with one attached hydrogen (secondary N) is 1. The number of urea groups is 1. The molecule has 1 aliphatic heterocycles. The minimum absolute atomic E-state index is 0.167. The summed E-state index contributed by atoms with van der Waals surface area (Å²) in [5.74, 6) is 1.33. The zero-order valence-electron chi connectivity index (χ0n) is 26.0. The highest BCUT2D eigenvalue weighted by molar-refractivity contribution is 9.10. The van der Waals surface area contributed by atoms with Crippen molar-refractivity contribution in [2.24, 2.45) is 5.92 Å². The largest absolute Gasteiger partial charge is 0.493 e. The lowest BCUT2D eigenvalue weighted by molar-refractivity contribution is -0.145. The van der Waals surface area contributed by atoms with Gasteiger partial charge in [0.05, 0.1) is 35.4 Å². The zero-order valence-corrected chi connectivity index (χ0v) is 28.4. The minimum atomic E-state index is -0.571. The fourth-order valence-corrected chi connectivity index (χ4v) is 6.95. The highest BCUT2D eigenvalue weighted by Gasteiger charge is 2.27. The molecule has 1 saturated heterocycles. The predicted molar refractivity (Wildman–Crippen MR) is 183 cm³/mol. The number of carbonyl (C=O) groups is 3. The lowest BCUT2D eigenvalue weighted by Gasteiger charge is -2.32. The van der Waals surface area contributed by atoms with Crippen LogP contribution in [0.1, 0.15) is 29.4 Å². The van der Waals surface area contributed by atoms with Gasteiger partial charge in [0.25, 0.3) is 0 Å². The van der Waals surface area contributed by atoms with Gasteiger partial charge in [0, 0.05) is 13.1 Å². The first kappa shape index (κ1) is 33.8. The third-order valence-corrected chi connectivity index (χ3v) is 9.62. The number of para-hydroxylation sites is 3. The molecule has 1 N–H and O–H groups in total. The second kappa shape index (κ2) is 16.3. The van der Waals surface area contributed by atoms with Crippen molar-refractivity contribution in [2.45, 2.75) is 19.8 Å². The van der Waals surface area contributed by atoms with E-state index in [1.165, 1.54) is 18.4 Å². The van der Waals surface area contributed by atoms with Crippen LogP contribution in [0.4, 0.5) is 10.5 Å². The van der Waals surface area contributed by atoms with Crippen LogP contribution in [-0.4, -0.2) is 62.9 Å². The Kier molecular flexibility index (Phi) is 11.7. The Morgan fingerprint density at radius 3 is 2.40 bits per heavy atom. The lowest BCUT2D eigenvalue weighted by Crippen LogP contribution is -2.42. The smallest absolute Gasteiger partial charge is 0.351 e. The standard InChI is InChI=1S/C35H35BrN2O8S/c1-3-43-29(39)22-45-31-30(36)32(47-33(31)34(40)42-2)24-10-9-13-26(20-24)44-21-23-16-18-38(19-17-23)35(41)37-27-14-7-8-15-28(27)46-25-11-5-4-6-12-25/h4-15,20,23H,3,16-19,21-22H2,1-2H3,(H,37,41). The number of halogens is 1. The Bertz CT molecular complexity index is 1690. The summed E-state index contributed by atoms with van der Waals surface area (Å²) in [5.41, 5.74) is 1.42. The molecule has 0 bridgehead atoms. The number of methoxy groups -OCH3 is 1.